The van der Waals surface area contributed by atoms with Crippen molar-refractivity contribution >= 4 is 27.3 Å². The zero-order valence-corrected chi connectivity index (χ0v) is 10.8. The number of hydrogen-bond donors (Lipinski definition) is 2. The summed E-state index contributed by atoms with van der Waals surface area (Å²) < 4.78 is 1.01. The summed E-state index contributed by atoms with van der Waals surface area (Å²) in [7, 11) is 0. The van der Waals surface area contributed by atoms with Gasteiger partial charge in [0.05, 0.1) is 11.4 Å². The van der Waals surface area contributed by atoms with Gasteiger partial charge in [0.1, 0.15) is 0 Å². The van der Waals surface area contributed by atoms with Crippen molar-refractivity contribution < 1.29 is 5.11 Å². The van der Waals surface area contributed by atoms with Crippen molar-refractivity contribution in [3.8, 4) is 0 Å². The lowest BCUT2D eigenvalue weighted by atomic mass is 10.1. The first-order valence-electron chi connectivity index (χ1n) is 5.61. The van der Waals surface area contributed by atoms with E-state index in [9.17, 15) is 0 Å². The Balaban J connectivity index is 2.08. The summed E-state index contributed by atoms with van der Waals surface area (Å²) in [6.45, 7) is 2.33. The van der Waals surface area contributed by atoms with Gasteiger partial charge in [0.15, 0.2) is 0 Å². The molecule has 1 saturated heterocycles. The average molecular weight is 285 g/mol. The molecule has 1 aliphatic heterocycles. The molecule has 0 bridgehead atoms. The van der Waals surface area contributed by atoms with E-state index < -0.39 is 0 Å². The maximum Gasteiger partial charge on any atom is 0.0600 e. The fourth-order valence-electron chi connectivity index (χ4n) is 2.28. The molecule has 0 amide bonds. The highest BCUT2D eigenvalue weighted by atomic mass is 79.9. The summed E-state index contributed by atoms with van der Waals surface area (Å²) in [5.74, 6) is 0.605. The number of aliphatic hydroxyl groups excluding tert-OH is 1. The van der Waals surface area contributed by atoms with Crippen LogP contribution in [0.4, 0.5) is 11.4 Å². The van der Waals surface area contributed by atoms with Gasteiger partial charge < -0.3 is 15.7 Å². The summed E-state index contributed by atoms with van der Waals surface area (Å²) in [4.78, 5) is 2.31. The summed E-state index contributed by atoms with van der Waals surface area (Å²) >= 11 is 3.41. The van der Waals surface area contributed by atoms with E-state index in [1.165, 1.54) is 0 Å². The van der Waals surface area contributed by atoms with Crippen LogP contribution in [-0.2, 0) is 0 Å². The number of anilines is 2. The van der Waals surface area contributed by atoms with Crippen LogP contribution in [0.2, 0.25) is 0 Å². The Hall–Kier alpha value is -0.740. The lowest BCUT2D eigenvalue weighted by Gasteiger charge is -2.20. The van der Waals surface area contributed by atoms with Crippen molar-refractivity contribution in [3.63, 3.8) is 0 Å². The van der Waals surface area contributed by atoms with Gasteiger partial charge in [-0.25, -0.2) is 0 Å². The number of nitrogens with two attached hydrogens (primary N) is 1. The first-order chi connectivity index (χ1) is 7.70. The quantitative estimate of drug-likeness (QED) is 0.837. The molecular formula is C12H17BrN2O. The zero-order valence-electron chi connectivity index (χ0n) is 9.19. The summed E-state index contributed by atoms with van der Waals surface area (Å²) in [5, 5.41) is 8.93. The summed E-state index contributed by atoms with van der Waals surface area (Å²) in [5.41, 5.74) is 7.93. The van der Waals surface area contributed by atoms with Crippen LogP contribution in [-0.4, -0.2) is 24.8 Å². The third kappa shape index (κ3) is 2.50. The lowest BCUT2D eigenvalue weighted by molar-refractivity contribution is 0.263. The van der Waals surface area contributed by atoms with Crippen molar-refractivity contribution in [2.24, 2.45) is 5.92 Å². The number of nitrogens with zero attached hydrogens (tertiary/aromatic N) is 1. The van der Waals surface area contributed by atoms with E-state index >= 15 is 0 Å². The Morgan fingerprint density at radius 2 is 2.31 bits per heavy atom. The predicted molar refractivity (Wildman–Crippen MR) is 70.6 cm³/mol. The van der Waals surface area contributed by atoms with Gasteiger partial charge in [0, 0.05) is 24.2 Å². The Morgan fingerprint density at radius 1 is 1.50 bits per heavy atom. The van der Waals surface area contributed by atoms with Gasteiger partial charge in [-0.15, -0.1) is 0 Å². The Labute approximate surface area is 104 Å². The van der Waals surface area contributed by atoms with Gasteiger partial charge in [-0.1, -0.05) is 15.9 Å². The van der Waals surface area contributed by atoms with E-state index in [1.54, 1.807) is 0 Å². The summed E-state index contributed by atoms with van der Waals surface area (Å²) in [6.07, 6.45) is 2.04. The van der Waals surface area contributed by atoms with Gasteiger partial charge >= 0.3 is 0 Å². The van der Waals surface area contributed by atoms with Gasteiger partial charge in [-0.2, -0.15) is 0 Å². The molecule has 0 spiro atoms. The molecule has 2 rings (SSSR count). The second-order valence-corrected chi connectivity index (χ2v) is 5.23. The highest BCUT2D eigenvalue weighted by Gasteiger charge is 2.23. The van der Waals surface area contributed by atoms with Crippen molar-refractivity contribution in [2.75, 3.05) is 30.3 Å². The normalized spacial score (nSPS) is 20.4. The number of nitrogen functional groups attached to an aromatic ring is 1. The number of benzene rings is 1. The lowest BCUT2D eigenvalue weighted by Crippen LogP contribution is -2.21. The van der Waals surface area contributed by atoms with Crippen LogP contribution in [0, 0.1) is 5.92 Å². The standard InChI is InChI=1S/C12H17BrN2O/c13-10-1-2-12(11(14)7-10)15-5-3-9(8-15)4-6-16/h1-2,7,9,16H,3-6,8,14H2. The second-order valence-electron chi connectivity index (χ2n) is 4.32. The van der Waals surface area contributed by atoms with E-state index in [0.717, 1.165) is 41.8 Å². The van der Waals surface area contributed by atoms with Crippen LogP contribution in [0.15, 0.2) is 22.7 Å². The van der Waals surface area contributed by atoms with Gasteiger partial charge in [-0.3, -0.25) is 0 Å². The molecule has 1 aliphatic rings. The molecule has 4 heteroatoms. The SMILES string of the molecule is Nc1cc(Br)ccc1N1CCC(CCO)C1. The molecule has 1 heterocycles. The van der Waals surface area contributed by atoms with Crippen LogP contribution in [0.3, 0.4) is 0 Å². The topological polar surface area (TPSA) is 49.5 Å². The van der Waals surface area contributed by atoms with Crippen molar-refractivity contribution in [1.29, 1.82) is 0 Å². The molecule has 0 saturated carbocycles. The average Bonchev–Trinajstić information content (AvgIpc) is 2.67. The minimum atomic E-state index is 0.286. The van der Waals surface area contributed by atoms with E-state index in [-0.39, 0.29) is 6.61 Å². The van der Waals surface area contributed by atoms with Crippen LogP contribution in [0.1, 0.15) is 12.8 Å². The molecule has 1 unspecified atom stereocenters. The fourth-order valence-corrected chi connectivity index (χ4v) is 2.66. The third-order valence-corrected chi connectivity index (χ3v) is 3.65. The Kier molecular flexibility index (Phi) is 3.71. The van der Waals surface area contributed by atoms with Crippen LogP contribution in [0.25, 0.3) is 0 Å². The molecule has 3 nitrogen and oxygen atoms in total. The molecule has 0 aliphatic carbocycles. The van der Waals surface area contributed by atoms with Gasteiger partial charge in [0.25, 0.3) is 0 Å². The molecule has 0 radical (unpaired) electrons. The smallest absolute Gasteiger partial charge is 0.0600 e. The number of rotatable bonds is 3. The zero-order chi connectivity index (χ0) is 11.5. The Bertz CT molecular complexity index is 370. The van der Waals surface area contributed by atoms with Crippen molar-refractivity contribution in [2.45, 2.75) is 12.8 Å². The van der Waals surface area contributed by atoms with Crippen LogP contribution in [0.5, 0.6) is 0 Å². The van der Waals surface area contributed by atoms with Crippen LogP contribution < -0.4 is 10.6 Å². The molecule has 88 valence electrons. The van der Waals surface area contributed by atoms with Crippen LogP contribution >= 0.6 is 15.9 Å². The van der Waals surface area contributed by atoms with Crippen molar-refractivity contribution in [3.05, 3.63) is 22.7 Å². The molecule has 1 atom stereocenters. The fraction of sp³-hybridized carbons (Fsp3) is 0.500. The van der Waals surface area contributed by atoms with Gasteiger partial charge in [-0.05, 0) is 37.0 Å². The minimum absolute atomic E-state index is 0.286. The maximum atomic E-state index is 8.93. The maximum absolute atomic E-state index is 8.93. The molecule has 0 aromatic heterocycles. The minimum Gasteiger partial charge on any atom is -0.397 e. The molecule has 1 aromatic carbocycles. The first-order valence-corrected chi connectivity index (χ1v) is 6.41. The third-order valence-electron chi connectivity index (χ3n) is 3.15. The number of halogens is 1. The van der Waals surface area contributed by atoms with Gasteiger partial charge in [0.2, 0.25) is 0 Å². The van der Waals surface area contributed by atoms with E-state index in [4.69, 9.17) is 10.8 Å². The Morgan fingerprint density at radius 3 is 3.00 bits per heavy atom. The number of aliphatic hydroxyl groups is 1. The van der Waals surface area contributed by atoms with Crippen molar-refractivity contribution in [1.82, 2.24) is 0 Å². The molecule has 1 fully saturated rings. The molecule has 16 heavy (non-hydrogen) atoms. The largest absolute Gasteiger partial charge is 0.397 e. The molecule has 3 N–H and O–H groups in total. The highest BCUT2D eigenvalue weighted by molar-refractivity contribution is 9.10. The predicted octanol–water partition coefficient (Wildman–Crippen LogP) is 2.24. The molecular weight excluding hydrogens is 268 g/mol. The first kappa shape index (κ1) is 11.7. The second kappa shape index (κ2) is 5.06. The highest BCUT2D eigenvalue weighted by Crippen LogP contribution is 2.31. The monoisotopic (exact) mass is 284 g/mol. The number of hydrogen-bond acceptors (Lipinski definition) is 3. The van der Waals surface area contributed by atoms with E-state index in [2.05, 4.69) is 26.9 Å². The van der Waals surface area contributed by atoms with E-state index in [1.807, 2.05) is 12.1 Å². The van der Waals surface area contributed by atoms with E-state index in [0.29, 0.717) is 5.92 Å². The molecule has 1 aromatic rings. The summed E-state index contributed by atoms with van der Waals surface area (Å²) in [6, 6.07) is 6.01.